The van der Waals surface area contributed by atoms with Crippen LogP contribution < -0.4 is 0 Å². The van der Waals surface area contributed by atoms with Crippen molar-refractivity contribution in [1.29, 1.82) is 0 Å². The average Bonchev–Trinajstić information content (AvgIpc) is 2.04. The minimum absolute atomic E-state index is 0.0246. The Labute approximate surface area is 84.4 Å². The standard InChI is InChI=1S/C8H15ClO3S/c1-8(4-2-3-6-10)13(11,12)7-5-9/h6,8H,2-5,7H2,1H3. The van der Waals surface area contributed by atoms with Gasteiger partial charge in [0.05, 0.1) is 11.0 Å². The molecule has 0 aliphatic heterocycles. The molecule has 0 fully saturated rings. The Morgan fingerprint density at radius 1 is 1.46 bits per heavy atom. The molecule has 13 heavy (non-hydrogen) atoms. The number of aldehydes is 1. The summed E-state index contributed by atoms with van der Waals surface area (Å²) in [4.78, 5) is 9.99. The Morgan fingerprint density at radius 2 is 2.08 bits per heavy atom. The van der Waals surface area contributed by atoms with E-state index in [4.69, 9.17) is 11.6 Å². The molecule has 0 N–H and O–H groups in total. The molecular formula is C8H15ClO3S. The van der Waals surface area contributed by atoms with Gasteiger partial charge in [-0.2, -0.15) is 0 Å². The highest BCUT2D eigenvalue weighted by atomic mass is 35.5. The molecule has 0 aliphatic rings. The van der Waals surface area contributed by atoms with E-state index in [1.165, 1.54) is 0 Å². The monoisotopic (exact) mass is 226 g/mol. The number of alkyl halides is 1. The van der Waals surface area contributed by atoms with Crippen molar-refractivity contribution in [1.82, 2.24) is 0 Å². The van der Waals surface area contributed by atoms with Crippen molar-refractivity contribution in [3.8, 4) is 0 Å². The van der Waals surface area contributed by atoms with Gasteiger partial charge < -0.3 is 4.79 Å². The molecule has 0 aromatic rings. The van der Waals surface area contributed by atoms with E-state index in [0.717, 1.165) is 6.29 Å². The van der Waals surface area contributed by atoms with Crippen molar-refractivity contribution in [3.05, 3.63) is 0 Å². The topological polar surface area (TPSA) is 51.2 Å². The second kappa shape index (κ2) is 6.38. The minimum Gasteiger partial charge on any atom is -0.303 e. The summed E-state index contributed by atoms with van der Waals surface area (Å²) in [6.45, 7) is 1.66. The number of halogens is 1. The van der Waals surface area contributed by atoms with Crippen molar-refractivity contribution >= 4 is 27.7 Å². The minimum atomic E-state index is -3.04. The molecule has 0 amide bonds. The van der Waals surface area contributed by atoms with Crippen LogP contribution in [0.1, 0.15) is 26.2 Å². The molecule has 1 atom stereocenters. The molecule has 0 aromatic heterocycles. The van der Waals surface area contributed by atoms with E-state index >= 15 is 0 Å². The van der Waals surface area contributed by atoms with Gasteiger partial charge in [-0.1, -0.05) is 0 Å². The number of unbranched alkanes of at least 4 members (excludes halogenated alkanes) is 1. The van der Waals surface area contributed by atoms with Gasteiger partial charge >= 0.3 is 0 Å². The van der Waals surface area contributed by atoms with E-state index in [1.807, 2.05) is 0 Å². The second-order valence-corrected chi connectivity index (χ2v) is 5.88. The fourth-order valence-electron chi connectivity index (χ4n) is 0.977. The molecule has 0 aromatic carbocycles. The third-order valence-corrected chi connectivity index (χ3v) is 4.56. The second-order valence-electron chi connectivity index (χ2n) is 2.96. The van der Waals surface area contributed by atoms with Crippen LogP contribution in [0.5, 0.6) is 0 Å². The van der Waals surface area contributed by atoms with Gasteiger partial charge in [0.25, 0.3) is 0 Å². The zero-order valence-electron chi connectivity index (χ0n) is 7.70. The number of hydrogen-bond donors (Lipinski definition) is 0. The Kier molecular flexibility index (Phi) is 6.33. The van der Waals surface area contributed by atoms with Gasteiger partial charge in [0.1, 0.15) is 6.29 Å². The SMILES string of the molecule is CC(CCCC=O)S(=O)(=O)CCCl. The Balaban J connectivity index is 3.94. The summed E-state index contributed by atoms with van der Waals surface area (Å²) in [6.07, 6.45) is 2.41. The summed E-state index contributed by atoms with van der Waals surface area (Å²) in [5.74, 6) is 0.164. The highest BCUT2D eigenvalue weighted by Crippen LogP contribution is 2.10. The molecule has 5 heteroatoms. The fourth-order valence-corrected chi connectivity index (χ4v) is 2.77. The molecule has 0 spiro atoms. The largest absolute Gasteiger partial charge is 0.303 e. The lowest BCUT2D eigenvalue weighted by molar-refractivity contribution is -0.107. The number of carbonyl (C=O) groups excluding carboxylic acids is 1. The van der Waals surface area contributed by atoms with Crippen LogP contribution in [-0.2, 0) is 14.6 Å². The molecule has 0 saturated heterocycles. The van der Waals surface area contributed by atoms with Gasteiger partial charge in [-0.15, -0.1) is 11.6 Å². The third-order valence-electron chi connectivity index (χ3n) is 1.91. The molecule has 3 nitrogen and oxygen atoms in total. The summed E-state index contributed by atoms with van der Waals surface area (Å²) in [6, 6.07) is 0. The third kappa shape index (κ3) is 5.26. The van der Waals surface area contributed by atoms with Gasteiger partial charge in [-0.25, -0.2) is 8.42 Å². The van der Waals surface area contributed by atoms with Gasteiger partial charge in [-0.3, -0.25) is 0 Å². The molecule has 0 aliphatic carbocycles. The number of hydrogen-bond acceptors (Lipinski definition) is 3. The number of sulfone groups is 1. The maximum Gasteiger partial charge on any atom is 0.154 e. The maximum atomic E-state index is 11.4. The molecule has 0 heterocycles. The molecule has 0 radical (unpaired) electrons. The first-order valence-corrected chi connectivity index (χ1v) is 6.50. The predicted octanol–water partition coefficient (Wildman–Crippen LogP) is 1.40. The molecular weight excluding hydrogens is 212 g/mol. The van der Waals surface area contributed by atoms with E-state index in [9.17, 15) is 13.2 Å². The first-order valence-electron chi connectivity index (χ1n) is 4.25. The van der Waals surface area contributed by atoms with Crippen LogP contribution in [-0.4, -0.2) is 31.6 Å². The van der Waals surface area contributed by atoms with Crippen LogP contribution in [0.2, 0.25) is 0 Å². The molecule has 1 unspecified atom stereocenters. The van der Waals surface area contributed by atoms with Crippen molar-refractivity contribution < 1.29 is 13.2 Å². The average molecular weight is 227 g/mol. The maximum absolute atomic E-state index is 11.4. The van der Waals surface area contributed by atoms with Gasteiger partial charge in [0, 0.05) is 12.3 Å². The lowest BCUT2D eigenvalue weighted by Crippen LogP contribution is -2.21. The summed E-state index contributed by atoms with van der Waals surface area (Å²) >= 11 is 5.36. The van der Waals surface area contributed by atoms with Crippen LogP contribution in [0.3, 0.4) is 0 Å². The van der Waals surface area contributed by atoms with E-state index < -0.39 is 9.84 Å². The smallest absolute Gasteiger partial charge is 0.154 e. The first kappa shape index (κ1) is 12.9. The quantitative estimate of drug-likeness (QED) is 0.375. The van der Waals surface area contributed by atoms with Crippen LogP contribution in [0.15, 0.2) is 0 Å². The van der Waals surface area contributed by atoms with Gasteiger partial charge in [0.2, 0.25) is 0 Å². The fraction of sp³-hybridized carbons (Fsp3) is 0.875. The summed E-state index contributed by atoms with van der Waals surface area (Å²) < 4.78 is 22.7. The van der Waals surface area contributed by atoms with E-state index in [0.29, 0.717) is 19.3 Å². The lowest BCUT2D eigenvalue weighted by Gasteiger charge is -2.10. The van der Waals surface area contributed by atoms with E-state index in [2.05, 4.69) is 0 Å². The highest BCUT2D eigenvalue weighted by Gasteiger charge is 2.18. The molecule has 0 rings (SSSR count). The van der Waals surface area contributed by atoms with Crippen LogP contribution in [0.25, 0.3) is 0 Å². The van der Waals surface area contributed by atoms with Crippen molar-refractivity contribution in [2.45, 2.75) is 31.4 Å². The lowest BCUT2D eigenvalue weighted by atomic mass is 10.2. The van der Waals surface area contributed by atoms with Crippen LogP contribution in [0.4, 0.5) is 0 Å². The zero-order chi connectivity index (χ0) is 10.3. The molecule has 78 valence electrons. The van der Waals surface area contributed by atoms with E-state index in [1.54, 1.807) is 6.92 Å². The van der Waals surface area contributed by atoms with Crippen molar-refractivity contribution in [3.63, 3.8) is 0 Å². The van der Waals surface area contributed by atoms with Crippen LogP contribution >= 0.6 is 11.6 Å². The van der Waals surface area contributed by atoms with Gasteiger partial charge in [0.15, 0.2) is 9.84 Å². The number of rotatable bonds is 7. The van der Waals surface area contributed by atoms with Crippen molar-refractivity contribution in [2.75, 3.05) is 11.6 Å². The molecule has 0 saturated carbocycles. The van der Waals surface area contributed by atoms with Crippen molar-refractivity contribution in [2.24, 2.45) is 0 Å². The normalized spacial score (nSPS) is 14.0. The Morgan fingerprint density at radius 3 is 2.54 bits per heavy atom. The summed E-state index contributed by atoms with van der Waals surface area (Å²) in [5.41, 5.74) is 0. The number of carbonyl (C=O) groups is 1. The van der Waals surface area contributed by atoms with Crippen LogP contribution in [0, 0.1) is 0 Å². The summed E-state index contributed by atoms with van der Waals surface area (Å²) in [5, 5.41) is -0.383. The first-order chi connectivity index (χ1) is 6.04. The van der Waals surface area contributed by atoms with Gasteiger partial charge in [-0.05, 0) is 19.8 Å². The zero-order valence-corrected chi connectivity index (χ0v) is 9.27. The Bertz CT molecular complexity index is 236. The predicted molar refractivity (Wildman–Crippen MR) is 53.9 cm³/mol. The highest BCUT2D eigenvalue weighted by molar-refractivity contribution is 7.92. The van der Waals surface area contributed by atoms with E-state index in [-0.39, 0.29) is 16.9 Å². The Hall–Kier alpha value is -0.0900. The summed E-state index contributed by atoms with van der Waals surface area (Å²) in [7, 11) is -3.04. The molecule has 0 bridgehead atoms.